The first-order valence-electron chi connectivity index (χ1n) is 8.49. The van der Waals surface area contributed by atoms with Crippen molar-refractivity contribution in [2.45, 2.75) is 6.92 Å². The zero-order chi connectivity index (χ0) is 22.3. The van der Waals surface area contributed by atoms with Crippen LogP contribution >= 0.6 is 15.9 Å². The molecule has 1 heterocycles. The Kier molecular flexibility index (Phi) is 7.82. The van der Waals surface area contributed by atoms with Crippen molar-refractivity contribution in [3.8, 4) is 22.6 Å². The Bertz CT molecular complexity index is 1070. The van der Waals surface area contributed by atoms with Crippen LogP contribution < -0.4 is 9.47 Å². The highest BCUT2D eigenvalue weighted by atomic mass is 79.9. The number of aromatic nitrogens is 1. The summed E-state index contributed by atoms with van der Waals surface area (Å²) in [5.74, 6) is 0.935. The first kappa shape index (κ1) is 22.8. The van der Waals surface area contributed by atoms with Crippen molar-refractivity contribution < 1.29 is 19.3 Å². The standard InChI is InChI=1S/C13H12N2O3.C7H6BrNO3/c1-9-5-10(3-4-14-9)11-6-12(15(16)17)8-13(7-11)18-2;1-12-7-3-5(8)2-6(4-7)9(10)11/h3-8H,1-2H3;2-4H,1H3. The van der Waals surface area contributed by atoms with E-state index < -0.39 is 9.85 Å². The molecule has 0 aliphatic carbocycles. The summed E-state index contributed by atoms with van der Waals surface area (Å²) in [6.45, 7) is 1.87. The molecule has 0 radical (unpaired) electrons. The molecule has 0 spiro atoms. The van der Waals surface area contributed by atoms with E-state index in [2.05, 4.69) is 20.9 Å². The molecule has 0 aliphatic heterocycles. The summed E-state index contributed by atoms with van der Waals surface area (Å²) in [7, 11) is 2.95. The van der Waals surface area contributed by atoms with Gasteiger partial charge in [0.15, 0.2) is 0 Å². The third kappa shape index (κ3) is 6.24. The van der Waals surface area contributed by atoms with Gasteiger partial charge in [-0.2, -0.15) is 0 Å². The summed E-state index contributed by atoms with van der Waals surface area (Å²) in [5.41, 5.74) is 2.51. The van der Waals surface area contributed by atoms with Crippen molar-refractivity contribution in [1.29, 1.82) is 0 Å². The van der Waals surface area contributed by atoms with Crippen molar-refractivity contribution >= 4 is 27.3 Å². The van der Waals surface area contributed by atoms with Gasteiger partial charge in [0.1, 0.15) is 11.5 Å². The van der Waals surface area contributed by atoms with Crippen molar-refractivity contribution in [1.82, 2.24) is 4.98 Å². The average Bonchev–Trinajstić information content (AvgIpc) is 2.73. The third-order valence-electron chi connectivity index (χ3n) is 3.87. The van der Waals surface area contributed by atoms with E-state index in [1.54, 1.807) is 18.3 Å². The number of rotatable bonds is 5. The zero-order valence-corrected chi connectivity index (χ0v) is 18.0. The molecule has 1 aromatic heterocycles. The number of hydrogen-bond donors (Lipinski definition) is 0. The quantitative estimate of drug-likeness (QED) is 0.360. The normalized spacial score (nSPS) is 9.87. The van der Waals surface area contributed by atoms with Gasteiger partial charge in [0.2, 0.25) is 0 Å². The molecule has 0 amide bonds. The van der Waals surface area contributed by atoms with Gasteiger partial charge in [-0.3, -0.25) is 25.2 Å². The fraction of sp³-hybridized carbons (Fsp3) is 0.150. The van der Waals surface area contributed by atoms with Gasteiger partial charge in [0.25, 0.3) is 11.4 Å². The number of aryl methyl sites for hydroxylation is 1. The fourth-order valence-electron chi connectivity index (χ4n) is 2.47. The van der Waals surface area contributed by atoms with Gasteiger partial charge in [-0.05, 0) is 42.3 Å². The van der Waals surface area contributed by atoms with Gasteiger partial charge in [0.05, 0.1) is 36.2 Å². The molecule has 0 fully saturated rings. The van der Waals surface area contributed by atoms with Crippen LogP contribution in [0.2, 0.25) is 0 Å². The van der Waals surface area contributed by atoms with E-state index in [4.69, 9.17) is 9.47 Å². The van der Waals surface area contributed by atoms with Gasteiger partial charge in [-0.15, -0.1) is 0 Å². The number of pyridine rings is 1. The number of hydrogen-bond acceptors (Lipinski definition) is 7. The lowest BCUT2D eigenvalue weighted by molar-refractivity contribution is -0.385. The molecule has 0 unspecified atom stereocenters. The van der Waals surface area contributed by atoms with Crippen molar-refractivity contribution in [2.75, 3.05) is 14.2 Å². The molecule has 30 heavy (non-hydrogen) atoms. The predicted molar refractivity (Wildman–Crippen MR) is 115 cm³/mol. The molecule has 0 saturated heterocycles. The molecule has 10 heteroatoms. The smallest absolute Gasteiger partial charge is 0.274 e. The third-order valence-corrected chi connectivity index (χ3v) is 4.33. The molecule has 3 rings (SSSR count). The second kappa shape index (κ2) is 10.3. The monoisotopic (exact) mass is 475 g/mol. The first-order valence-corrected chi connectivity index (χ1v) is 9.28. The number of methoxy groups -OCH3 is 2. The molecule has 0 atom stereocenters. The van der Waals surface area contributed by atoms with Gasteiger partial charge < -0.3 is 9.47 Å². The molecule has 156 valence electrons. The Hall–Kier alpha value is -3.53. The molecule has 0 saturated carbocycles. The number of non-ortho nitro benzene ring substituents is 2. The maximum atomic E-state index is 10.9. The maximum Gasteiger partial charge on any atom is 0.274 e. The van der Waals surface area contributed by atoms with Crippen LogP contribution in [0.4, 0.5) is 11.4 Å². The number of benzene rings is 2. The van der Waals surface area contributed by atoms with Crippen molar-refractivity contribution in [3.05, 3.63) is 85.1 Å². The minimum atomic E-state index is -0.465. The average molecular weight is 476 g/mol. The number of nitro groups is 2. The second-order valence-electron chi connectivity index (χ2n) is 5.97. The van der Waals surface area contributed by atoms with E-state index in [0.717, 1.165) is 16.8 Å². The van der Waals surface area contributed by atoms with E-state index in [1.165, 1.54) is 38.5 Å². The minimum absolute atomic E-state index is 0.0128. The van der Waals surface area contributed by atoms with Crippen molar-refractivity contribution in [2.24, 2.45) is 0 Å². The van der Waals surface area contributed by atoms with Crippen LogP contribution in [0.1, 0.15) is 5.69 Å². The van der Waals surface area contributed by atoms with Crippen LogP contribution in [0, 0.1) is 27.2 Å². The molecule has 9 nitrogen and oxygen atoms in total. The number of ether oxygens (including phenoxy) is 2. The highest BCUT2D eigenvalue weighted by molar-refractivity contribution is 9.10. The van der Waals surface area contributed by atoms with E-state index in [0.29, 0.717) is 16.0 Å². The maximum absolute atomic E-state index is 10.9. The van der Waals surface area contributed by atoms with Gasteiger partial charge >= 0.3 is 0 Å². The predicted octanol–water partition coefficient (Wildman–Crippen LogP) is 5.34. The molecular formula is C20H18BrN3O6. The second-order valence-corrected chi connectivity index (χ2v) is 6.88. The van der Waals surface area contributed by atoms with Crippen LogP contribution in [-0.4, -0.2) is 29.1 Å². The lowest BCUT2D eigenvalue weighted by Gasteiger charge is -2.06. The van der Waals surface area contributed by atoms with E-state index in [1.807, 2.05) is 19.1 Å². The van der Waals surface area contributed by atoms with E-state index in [9.17, 15) is 20.2 Å². The summed E-state index contributed by atoms with van der Waals surface area (Å²) >= 11 is 3.14. The van der Waals surface area contributed by atoms with Gasteiger partial charge in [-0.1, -0.05) is 15.9 Å². The highest BCUT2D eigenvalue weighted by Gasteiger charge is 2.11. The largest absolute Gasteiger partial charge is 0.496 e. The summed E-state index contributed by atoms with van der Waals surface area (Å²) in [6.07, 6.45) is 1.68. The summed E-state index contributed by atoms with van der Waals surface area (Å²) in [4.78, 5) is 24.4. The summed E-state index contributed by atoms with van der Waals surface area (Å²) in [6, 6.07) is 12.8. The Morgan fingerprint density at radius 1 is 0.833 bits per heavy atom. The van der Waals surface area contributed by atoms with E-state index in [-0.39, 0.29) is 11.4 Å². The Morgan fingerprint density at radius 3 is 1.93 bits per heavy atom. The molecule has 2 aromatic carbocycles. The van der Waals surface area contributed by atoms with Crippen LogP contribution in [0.3, 0.4) is 0 Å². The highest BCUT2D eigenvalue weighted by Crippen LogP contribution is 2.29. The van der Waals surface area contributed by atoms with Gasteiger partial charge in [0, 0.05) is 28.5 Å². The molecular weight excluding hydrogens is 458 g/mol. The van der Waals surface area contributed by atoms with Crippen LogP contribution in [-0.2, 0) is 0 Å². The van der Waals surface area contributed by atoms with Gasteiger partial charge in [-0.25, -0.2) is 0 Å². The number of halogens is 1. The minimum Gasteiger partial charge on any atom is -0.496 e. The number of nitrogens with zero attached hydrogens (tertiary/aromatic N) is 3. The summed E-state index contributed by atoms with van der Waals surface area (Å²) < 4.78 is 10.6. The lowest BCUT2D eigenvalue weighted by atomic mass is 10.1. The Balaban J connectivity index is 0.000000232. The van der Waals surface area contributed by atoms with Crippen LogP contribution in [0.15, 0.2) is 59.2 Å². The topological polar surface area (TPSA) is 118 Å². The SMILES string of the molecule is COc1cc(-c2ccnc(C)c2)cc([N+](=O)[O-])c1.COc1cc(Br)cc([N+](=O)[O-])c1. The van der Waals surface area contributed by atoms with Crippen LogP contribution in [0.25, 0.3) is 11.1 Å². The first-order chi connectivity index (χ1) is 14.2. The fourth-order valence-corrected chi connectivity index (χ4v) is 2.93. The zero-order valence-electron chi connectivity index (χ0n) is 16.4. The van der Waals surface area contributed by atoms with Crippen molar-refractivity contribution in [3.63, 3.8) is 0 Å². The number of nitro benzene ring substituents is 2. The summed E-state index contributed by atoms with van der Waals surface area (Å²) in [5, 5.41) is 21.2. The Labute approximate surface area is 180 Å². The molecule has 3 aromatic rings. The molecule has 0 bridgehead atoms. The van der Waals surface area contributed by atoms with Crippen LogP contribution in [0.5, 0.6) is 11.5 Å². The molecule has 0 aliphatic rings. The molecule has 0 N–H and O–H groups in total. The Morgan fingerprint density at radius 2 is 1.40 bits per heavy atom. The van der Waals surface area contributed by atoms with E-state index >= 15 is 0 Å². The lowest BCUT2D eigenvalue weighted by Crippen LogP contribution is -1.92.